The molecule has 24 heavy (non-hydrogen) atoms. The highest BCUT2D eigenvalue weighted by Gasteiger charge is 2.13. The maximum Gasteiger partial charge on any atom is 0.253 e. The summed E-state index contributed by atoms with van der Waals surface area (Å²) in [5.74, 6) is 0.0649. The molecule has 0 unspecified atom stereocenters. The van der Waals surface area contributed by atoms with Crippen LogP contribution in [0.2, 0.25) is 0 Å². The molecular formula is C20H24N2O2. The Kier molecular flexibility index (Phi) is 6.13. The van der Waals surface area contributed by atoms with Crippen molar-refractivity contribution in [3.8, 4) is 0 Å². The fourth-order valence-corrected chi connectivity index (χ4v) is 2.27. The second-order valence-corrected chi connectivity index (χ2v) is 6.36. The Morgan fingerprint density at radius 2 is 1.67 bits per heavy atom. The van der Waals surface area contributed by atoms with Crippen molar-refractivity contribution in [2.45, 2.75) is 27.2 Å². The lowest BCUT2D eigenvalue weighted by Gasteiger charge is -2.12. The number of carbonyl (C=O) groups is 2. The molecule has 2 amide bonds. The van der Waals surface area contributed by atoms with Gasteiger partial charge in [0.1, 0.15) is 0 Å². The van der Waals surface area contributed by atoms with Gasteiger partial charge in [0.05, 0.1) is 17.7 Å². The number of hydrogen-bond acceptors (Lipinski definition) is 2. The van der Waals surface area contributed by atoms with Crippen molar-refractivity contribution in [2.75, 3.05) is 11.9 Å². The molecule has 2 rings (SSSR count). The molecular weight excluding hydrogens is 300 g/mol. The summed E-state index contributed by atoms with van der Waals surface area (Å²) in [6.45, 7) is 6.69. The highest BCUT2D eigenvalue weighted by molar-refractivity contribution is 6.04. The van der Waals surface area contributed by atoms with E-state index in [1.54, 1.807) is 24.3 Å². The van der Waals surface area contributed by atoms with Crippen molar-refractivity contribution >= 4 is 17.5 Å². The first-order valence-corrected chi connectivity index (χ1v) is 8.18. The predicted molar refractivity (Wildman–Crippen MR) is 97.1 cm³/mol. The van der Waals surface area contributed by atoms with Crippen molar-refractivity contribution < 1.29 is 9.59 Å². The number of hydrogen-bond donors (Lipinski definition) is 2. The molecule has 0 aliphatic rings. The van der Waals surface area contributed by atoms with Crippen molar-refractivity contribution in [1.82, 2.24) is 5.32 Å². The van der Waals surface area contributed by atoms with E-state index in [0.717, 1.165) is 11.1 Å². The van der Waals surface area contributed by atoms with E-state index >= 15 is 0 Å². The number of aryl methyl sites for hydroxylation is 1. The molecule has 0 spiro atoms. The quantitative estimate of drug-likeness (QED) is 0.853. The largest absolute Gasteiger partial charge is 0.352 e. The van der Waals surface area contributed by atoms with Gasteiger partial charge >= 0.3 is 0 Å². The second-order valence-electron chi connectivity index (χ2n) is 6.36. The molecule has 0 saturated carbocycles. The third-order valence-corrected chi connectivity index (χ3v) is 3.60. The molecule has 2 N–H and O–H groups in total. The zero-order valence-electron chi connectivity index (χ0n) is 14.4. The molecule has 0 fully saturated rings. The molecule has 0 heterocycles. The van der Waals surface area contributed by atoms with E-state index in [2.05, 4.69) is 10.6 Å². The normalized spacial score (nSPS) is 10.5. The molecule has 0 bridgehead atoms. The molecule has 0 aliphatic heterocycles. The number of amides is 2. The van der Waals surface area contributed by atoms with Crippen LogP contribution >= 0.6 is 0 Å². The summed E-state index contributed by atoms with van der Waals surface area (Å²) >= 11 is 0. The Hall–Kier alpha value is -2.62. The summed E-state index contributed by atoms with van der Waals surface area (Å²) in [6, 6.07) is 14.9. The number of para-hydroxylation sites is 1. The Bertz CT molecular complexity index is 706. The van der Waals surface area contributed by atoms with E-state index in [-0.39, 0.29) is 18.2 Å². The molecule has 4 nitrogen and oxygen atoms in total. The lowest BCUT2D eigenvalue weighted by Crippen LogP contribution is -2.28. The van der Waals surface area contributed by atoms with Gasteiger partial charge in [0.25, 0.3) is 5.91 Å². The van der Waals surface area contributed by atoms with E-state index in [1.807, 2.05) is 45.0 Å². The average Bonchev–Trinajstić information content (AvgIpc) is 2.55. The van der Waals surface area contributed by atoms with Crippen LogP contribution in [0.5, 0.6) is 0 Å². The Labute approximate surface area is 143 Å². The van der Waals surface area contributed by atoms with Crippen LogP contribution in [0.4, 0.5) is 5.69 Å². The van der Waals surface area contributed by atoms with E-state index < -0.39 is 0 Å². The number of anilines is 1. The predicted octanol–water partition coefficient (Wildman–Crippen LogP) is 3.56. The van der Waals surface area contributed by atoms with Gasteiger partial charge in [0, 0.05) is 6.54 Å². The smallest absolute Gasteiger partial charge is 0.253 e. The van der Waals surface area contributed by atoms with Gasteiger partial charge < -0.3 is 10.6 Å². The minimum atomic E-state index is -0.171. The fraction of sp³-hybridized carbons (Fsp3) is 0.300. The molecule has 0 saturated heterocycles. The van der Waals surface area contributed by atoms with Gasteiger partial charge in [-0.2, -0.15) is 0 Å². The van der Waals surface area contributed by atoms with Crippen molar-refractivity contribution in [3.63, 3.8) is 0 Å². The van der Waals surface area contributed by atoms with Crippen molar-refractivity contribution in [3.05, 3.63) is 65.2 Å². The van der Waals surface area contributed by atoms with Crippen LogP contribution in [0.25, 0.3) is 0 Å². The highest BCUT2D eigenvalue weighted by Crippen LogP contribution is 2.16. The minimum Gasteiger partial charge on any atom is -0.352 e. The summed E-state index contributed by atoms with van der Waals surface area (Å²) in [4.78, 5) is 24.5. The SMILES string of the molecule is Cc1ccc(CC(=O)Nc2ccccc2C(=O)NCC(C)C)cc1. The van der Waals surface area contributed by atoms with Crippen LogP contribution in [0.15, 0.2) is 48.5 Å². The first kappa shape index (κ1) is 17.7. The first-order chi connectivity index (χ1) is 11.5. The minimum absolute atomic E-state index is 0.136. The Balaban J connectivity index is 2.05. The summed E-state index contributed by atoms with van der Waals surface area (Å²) in [5, 5.41) is 5.72. The van der Waals surface area contributed by atoms with Crippen LogP contribution in [0, 0.1) is 12.8 Å². The Morgan fingerprint density at radius 3 is 2.33 bits per heavy atom. The van der Waals surface area contributed by atoms with E-state index in [0.29, 0.717) is 23.7 Å². The molecule has 0 aliphatic carbocycles. The van der Waals surface area contributed by atoms with Gasteiger partial charge in [-0.15, -0.1) is 0 Å². The van der Waals surface area contributed by atoms with Crippen LogP contribution in [0.1, 0.15) is 35.3 Å². The average molecular weight is 324 g/mol. The van der Waals surface area contributed by atoms with Crippen LogP contribution < -0.4 is 10.6 Å². The van der Waals surface area contributed by atoms with Crippen molar-refractivity contribution in [1.29, 1.82) is 0 Å². The van der Waals surface area contributed by atoms with E-state index in [4.69, 9.17) is 0 Å². The molecule has 2 aromatic rings. The molecule has 4 heteroatoms. The number of benzene rings is 2. The number of carbonyl (C=O) groups excluding carboxylic acids is 2. The van der Waals surface area contributed by atoms with Gasteiger partial charge in [-0.1, -0.05) is 55.8 Å². The lowest BCUT2D eigenvalue weighted by molar-refractivity contribution is -0.115. The third kappa shape index (κ3) is 5.23. The highest BCUT2D eigenvalue weighted by atomic mass is 16.2. The summed E-state index contributed by atoms with van der Waals surface area (Å²) < 4.78 is 0. The molecule has 0 radical (unpaired) electrons. The first-order valence-electron chi connectivity index (χ1n) is 8.18. The van der Waals surface area contributed by atoms with E-state index in [9.17, 15) is 9.59 Å². The maximum absolute atomic E-state index is 12.3. The van der Waals surface area contributed by atoms with Gasteiger partial charge in [-0.3, -0.25) is 9.59 Å². The summed E-state index contributed by atoms with van der Waals surface area (Å²) in [5.41, 5.74) is 3.12. The molecule has 126 valence electrons. The Morgan fingerprint density at radius 1 is 1.00 bits per heavy atom. The van der Waals surface area contributed by atoms with Gasteiger partial charge in [0.15, 0.2) is 0 Å². The monoisotopic (exact) mass is 324 g/mol. The van der Waals surface area contributed by atoms with Crippen LogP contribution in [0.3, 0.4) is 0 Å². The van der Waals surface area contributed by atoms with Gasteiger partial charge in [-0.05, 0) is 30.5 Å². The summed E-state index contributed by atoms with van der Waals surface area (Å²) in [7, 11) is 0. The van der Waals surface area contributed by atoms with Gasteiger partial charge in [-0.25, -0.2) is 0 Å². The fourth-order valence-electron chi connectivity index (χ4n) is 2.27. The summed E-state index contributed by atoms with van der Waals surface area (Å²) in [6.07, 6.45) is 0.280. The maximum atomic E-state index is 12.3. The zero-order chi connectivity index (χ0) is 17.5. The topological polar surface area (TPSA) is 58.2 Å². The van der Waals surface area contributed by atoms with Crippen LogP contribution in [-0.4, -0.2) is 18.4 Å². The zero-order valence-corrected chi connectivity index (χ0v) is 14.4. The number of rotatable bonds is 6. The number of nitrogens with one attached hydrogen (secondary N) is 2. The van der Waals surface area contributed by atoms with Crippen LogP contribution in [-0.2, 0) is 11.2 Å². The molecule has 0 atom stereocenters. The second kappa shape index (κ2) is 8.29. The van der Waals surface area contributed by atoms with E-state index in [1.165, 1.54) is 0 Å². The third-order valence-electron chi connectivity index (χ3n) is 3.60. The standard InChI is InChI=1S/C20H24N2O2/c1-14(2)13-21-20(24)17-6-4-5-7-18(17)22-19(23)12-16-10-8-15(3)9-11-16/h4-11,14H,12-13H2,1-3H3,(H,21,24)(H,22,23). The molecule has 0 aromatic heterocycles. The lowest BCUT2D eigenvalue weighted by atomic mass is 10.1. The van der Waals surface area contributed by atoms with Gasteiger partial charge in [0.2, 0.25) is 5.91 Å². The van der Waals surface area contributed by atoms with Crippen molar-refractivity contribution in [2.24, 2.45) is 5.92 Å². The molecule has 2 aromatic carbocycles.